The molecule has 1 N–H and O–H groups in total. The summed E-state index contributed by atoms with van der Waals surface area (Å²) in [7, 11) is 1.73. The molecule has 27 heavy (non-hydrogen) atoms. The van der Waals surface area contributed by atoms with Crippen molar-refractivity contribution in [2.75, 3.05) is 61.6 Å². The van der Waals surface area contributed by atoms with E-state index in [-0.39, 0.29) is 0 Å². The Kier molecular flexibility index (Phi) is 6.50. The van der Waals surface area contributed by atoms with Crippen LogP contribution in [-0.4, -0.2) is 56.4 Å². The number of aromatic nitrogens is 2. The second kappa shape index (κ2) is 9.04. The summed E-state index contributed by atoms with van der Waals surface area (Å²) in [6.45, 7) is 11.9. The smallest absolute Gasteiger partial charge is 0.134 e. The summed E-state index contributed by atoms with van der Waals surface area (Å²) in [6.07, 6.45) is 0.962. The largest absolute Gasteiger partial charge is 0.385 e. The number of nitrogens with one attached hydrogen (secondary N) is 1. The number of anilines is 3. The molecule has 2 aromatic rings. The highest BCUT2D eigenvalue weighted by Gasteiger charge is 2.20. The molecule has 1 aromatic heterocycles. The lowest BCUT2D eigenvalue weighted by atomic mass is 10.1. The van der Waals surface area contributed by atoms with Gasteiger partial charge >= 0.3 is 0 Å². The average Bonchev–Trinajstić information content (AvgIpc) is 2.67. The van der Waals surface area contributed by atoms with E-state index in [0.717, 1.165) is 63.2 Å². The van der Waals surface area contributed by atoms with Gasteiger partial charge in [0.25, 0.3) is 0 Å². The van der Waals surface area contributed by atoms with Crippen molar-refractivity contribution in [1.29, 1.82) is 0 Å². The van der Waals surface area contributed by atoms with Gasteiger partial charge in [-0.3, -0.25) is 0 Å². The maximum absolute atomic E-state index is 5.10. The fourth-order valence-electron chi connectivity index (χ4n) is 3.49. The number of hydrogen-bond acceptors (Lipinski definition) is 6. The lowest BCUT2D eigenvalue weighted by Crippen LogP contribution is -2.47. The summed E-state index contributed by atoms with van der Waals surface area (Å²) >= 11 is 0. The number of ether oxygens (including phenoxy) is 1. The normalized spacial score (nSPS) is 14.5. The van der Waals surface area contributed by atoms with E-state index >= 15 is 0 Å². The molecular formula is C21H31N5O. The Hall–Kier alpha value is -2.34. The van der Waals surface area contributed by atoms with E-state index in [9.17, 15) is 0 Å². The lowest BCUT2D eigenvalue weighted by molar-refractivity contribution is 0.198. The van der Waals surface area contributed by atoms with Crippen LogP contribution >= 0.6 is 0 Å². The molecule has 1 aliphatic rings. The van der Waals surface area contributed by atoms with Gasteiger partial charge in [0, 0.05) is 58.2 Å². The van der Waals surface area contributed by atoms with Crippen LogP contribution in [0.5, 0.6) is 0 Å². The molecule has 3 rings (SSSR count). The Morgan fingerprint density at radius 1 is 1.04 bits per heavy atom. The highest BCUT2D eigenvalue weighted by molar-refractivity contribution is 5.58. The number of benzene rings is 1. The third-order valence-corrected chi connectivity index (χ3v) is 5.18. The zero-order valence-electron chi connectivity index (χ0n) is 17.0. The van der Waals surface area contributed by atoms with Gasteiger partial charge in [0.1, 0.15) is 17.5 Å². The number of rotatable bonds is 7. The van der Waals surface area contributed by atoms with Gasteiger partial charge < -0.3 is 19.9 Å². The number of hydrogen-bond donors (Lipinski definition) is 1. The molecule has 0 saturated carbocycles. The number of methoxy groups -OCH3 is 1. The van der Waals surface area contributed by atoms with Crippen LogP contribution < -0.4 is 15.1 Å². The van der Waals surface area contributed by atoms with Crippen molar-refractivity contribution < 1.29 is 4.74 Å². The number of nitrogens with zero attached hydrogens (tertiary/aromatic N) is 4. The first kappa shape index (κ1) is 19.4. The molecule has 6 nitrogen and oxygen atoms in total. The molecule has 0 unspecified atom stereocenters. The van der Waals surface area contributed by atoms with E-state index in [1.165, 1.54) is 16.8 Å². The molecule has 0 atom stereocenters. The molecule has 6 heteroatoms. The maximum atomic E-state index is 5.10. The van der Waals surface area contributed by atoms with Crippen molar-refractivity contribution in [3.63, 3.8) is 0 Å². The average molecular weight is 370 g/mol. The van der Waals surface area contributed by atoms with Crippen LogP contribution in [0.2, 0.25) is 0 Å². The number of piperazine rings is 1. The first-order valence-corrected chi connectivity index (χ1v) is 9.73. The minimum atomic E-state index is 0.754. The molecule has 0 aliphatic carbocycles. The quantitative estimate of drug-likeness (QED) is 0.757. The summed E-state index contributed by atoms with van der Waals surface area (Å²) < 4.78 is 5.10. The zero-order chi connectivity index (χ0) is 19.2. The van der Waals surface area contributed by atoms with Gasteiger partial charge in [-0.05, 0) is 44.4 Å². The van der Waals surface area contributed by atoms with Crippen LogP contribution in [0.25, 0.3) is 0 Å². The summed E-state index contributed by atoms with van der Waals surface area (Å²) in [5, 5.41) is 3.38. The van der Waals surface area contributed by atoms with E-state index in [0.29, 0.717) is 0 Å². The third-order valence-electron chi connectivity index (χ3n) is 5.18. The first-order valence-electron chi connectivity index (χ1n) is 9.73. The van der Waals surface area contributed by atoms with E-state index < -0.39 is 0 Å². The summed E-state index contributed by atoms with van der Waals surface area (Å²) in [6, 6.07) is 8.63. The highest BCUT2D eigenvalue weighted by atomic mass is 16.5. The molecule has 1 saturated heterocycles. The molecule has 0 radical (unpaired) electrons. The van der Waals surface area contributed by atoms with Gasteiger partial charge in [0.05, 0.1) is 0 Å². The molecular weight excluding hydrogens is 338 g/mol. The third kappa shape index (κ3) is 4.89. The SMILES string of the molecule is COCCCNc1cc(N2CCN(c3cccc(C)c3C)CC2)nc(C)n1. The van der Waals surface area contributed by atoms with Crippen molar-refractivity contribution in [2.45, 2.75) is 27.2 Å². The van der Waals surface area contributed by atoms with Gasteiger partial charge in [-0.2, -0.15) is 0 Å². The minimum absolute atomic E-state index is 0.754. The van der Waals surface area contributed by atoms with Crippen LogP contribution in [0.4, 0.5) is 17.3 Å². The van der Waals surface area contributed by atoms with Crippen molar-refractivity contribution >= 4 is 17.3 Å². The van der Waals surface area contributed by atoms with Gasteiger partial charge in [-0.25, -0.2) is 9.97 Å². The molecule has 0 spiro atoms. The number of aryl methyl sites for hydroxylation is 2. The van der Waals surface area contributed by atoms with Crippen LogP contribution in [0.15, 0.2) is 24.3 Å². The van der Waals surface area contributed by atoms with Gasteiger partial charge in [-0.15, -0.1) is 0 Å². The maximum Gasteiger partial charge on any atom is 0.134 e. The van der Waals surface area contributed by atoms with Crippen molar-refractivity contribution in [2.24, 2.45) is 0 Å². The summed E-state index contributed by atoms with van der Waals surface area (Å²) in [5.74, 6) is 2.71. The summed E-state index contributed by atoms with van der Waals surface area (Å²) in [4.78, 5) is 14.0. The molecule has 1 aromatic carbocycles. The Bertz CT molecular complexity index is 756. The van der Waals surface area contributed by atoms with Gasteiger partial charge in [-0.1, -0.05) is 12.1 Å². The van der Waals surface area contributed by atoms with Crippen LogP contribution in [0.3, 0.4) is 0 Å². The topological polar surface area (TPSA) is 53.5 Å². The Labute approximate surface area is 162 Å². The van der Waals surface area contributed by atoms with Crippen LogP contribution in [0.1, 0.15) is 23.4 Å². The second-order valence-corrected chi connectivity index (χ2v) is 7.12. The van der Waals surface area contributed by atoms with E-state index in [2.05, 4.69) is 63.2 Å². The van der Waals surface area contributed by atoms with Crippen LogP contribution in [0, 0.1) is 20.8 Å². The van der Waals surface area contributed by atoms with Crippen molar-refractivity contribution in [3.8, 4) is 0 Å². The predicted molar refractivity (Wildman–Crippen MR) is 112 cm³/mol. The first-order chi connectivity index (χ1) is 13.1. The molecule has 1 aliphatic heterocycles. The fraction of sp³-hybridized carbons (Fsp3) is 0.524. The molecule has 0 amide bonds. The van der Waals surface area contributed by atoms with Gasteiger partial charge in [0.2, 0.25) is 0 Å². The van der Waals surface area contributed by atoms with E-state index in [4.69, 9.17) is 4.74 Å². The lowest BCUT2D eigenvalue weighted by Gasteiger charge is -2.37. The van der Waals surface area contributed by atoms with E-state index in [1.807, 2.05) is 6.92 Å². The predicted octanol–water partition coefficient (Wildman–Crippen LogP) is 3.18. The van der Waals surface area contributed by atoms with E-state index in [1.54, 1.807) is 7.11 Å². The van der Waals surface area contributed by atoms with Gasteiger partial charge in [0.15, 0.2) is 0 Å². The summed E-state index contributed by atoms with van der Waals surface area (Å²) in [5.41, 5.74) is 4.09. The van der Waals surface area contributed by atoms with Crippen LogP contribution in [-0.2, 0) is 4.74 Å². The molecule has 2 heterocycles. The molecule has 1 fully saturated rings. The fourth-order valence-corrected chi connectivity index (χ4v) is 3.49. The Morgan fingerprint density at radius 2 is 1.78 bits per heavy atom. The minimum Gasteiger partial charge on any atom is -0.385 e. The zero-order valence-corrected chi connectivity index (χ0v) is 17.0. The van der Waals surface area contributed by atoms with Crippen molar-refractivity contribution in [1.82, 2.24) is 9.97 Å². The molecule has 146 valence electrons. The Morgan fingerprint density at radius 3 is 2.52 bits per heavy atom. The highest BCUT2D eigenvalue weighted by Crippen LogP contribution is 2.25. The monoisotopic (exact) mass is 369 g/mol. The molecule has 0 bridgehead atoms. The standard InChI is InChI=1S/C21H31N5O/c1-16-7-5-8-19(17(16)2)25-10-12-26(13-11-25)21-15-20(23-18(3)24-21)22-9-6-14-27-4/h5,7-8,15H,6,9-14H2,1-4H3,(H,22,23,24). The Balaban J connectivity index is 1.63. The van der Waals surface area contributed by atoms with Crippen molar-refractivity contribution in [3.05, 3.63) is 41.2 Å². The second-order valence-electron chi connectivity index (χ2n) is 7.12.